The molecule has 27 heavy (non-hydrogen) atoms. The Morgan fingerprint density at radius 2 is 2.04 bits per heavy atom. The second kappa shape index (κ2) is 11.2. The van der Waals surface area contributed by atoms with Crippen LogP contribution in [0.3, 0.4) is 0 Å². The van der Waals surface area contributed by atoms with Gasteiger partial charge in [-0.05, 0) is 72.9 Å². The molecule has 4 nitrogen and oxygen atoms in total. The number of thiophene rings is 1. The molecule has 1 aliphatic heterocycles. The fourth-order valence-corrected chi connectivity index (χ4v) is 4.72. The first-order valence-corrected chi connectivity index (χ1v) is 11.5. The van der Waals surface area contributed by atoms with Crippen molar-refractivity contribution in [1.29, 1.82) is 0 Å². The molecule has 1 aromatic carbocycles. The third-order valence-electron chi connectivity index (χ3n) is 4.77. The molecule has 0 aliphatic carbocycles. The van der Waals surface area contributed by atoms with Crippen LogP contribution in [0.2, 0.25) is 0 Å². The summed E-state index contributed by atoms with van der Waals surface area (Å²) >= 11 is 5.65. The van der Waals surface area contributed by atoms with Gasteiger partial charge in [0.05, 0.1) is 8.66 Å². The monoisotopic (exact) mass is 470 g/mol. The van der Waals surface area contributed by atoms with E-state index in [1.165, 1.54) is 16.9 Å². The van der Waals surface area contributed by atoms with Gasteiger partial charge in [-0.25, -0.2) is 0 Å². The van der Waals surface area contributed by atoms with Crippen molar-refractivity contribution in [3.8, 4) is 0 Å². The first-order chi connectivity index (χ1) is 12.9. The molecule has 0 radical (unpaired) electrons. The van der Waals surface area contributed by atoms with Crippen LogP contribution in [0.5, 0.6) is 0 Å². The number of benzene rings is 1. The number of amides is 1. The van der Waals surface area contributed by atoms with Gasteiger partial charge in [0.1, 0.15) is 0 Å². The Hall–Kier alpha value is -0.860. The van der Waals surface area contributed by atoms with Crippen molar-refractivity contribution in [2.45, 2.75) is 50.6 Å². The lowest BCUT2D eigenvalue weighted by Crippen LogP contribution is -2.56. The SMILES string of the molecule is CCC1CCNC(C)C1NC(=O)c1ccc(Br)s1.Cc1ccc(SO)cc1. The van der Waals surface area contributed by atoms with Gasteiger partial charge in [0.25, 0.3) is 5.91 Å². The number of aryl methyl sites for hydroxylation is 1. The van der Waals surface area contributed by atoms with Crippen molar-refractivity contribution in [1.82, 2.24) is 10.6 Å². The van der Waals surface area contributed by atoms with Crippen molar-refractivity contribution in [3.05, 3.63) is 50.6 Å². The van der Waals surface area contributed by atoms with Crippen LogP contribution in [-0.2, 0) is 0 Å². The zero-order valence-corrected chi connectivity index (χ0v) is 19.1. The number of piperidine rings is 1. The number of hydrogen-bond donors (Lipinski definition) is 3. The molecule has 0 saturated carbocycles. The normalized spacial score (nSPS) is 21.9. The molecule has 3 atom stereocenters. The van der Waals surface area contributed by atoms with E-state index in [1.807, 2.05) is 43.3 Å². The standard InChI is InChI=1S/C13H19BrN2OS.C7H8OS/c1-3-9-6-7-15-8(2)12(9)16-13(17)10-4-5-11(14)18-10;1-6-2-4-7(9-8)5-3-6/h4-5,8-9,12,15H,3,6-7H2,1-2H3,(H,16,17);2-5,8H,1H3. The lowest BCUT2D eigenvalue weighted by atomic mass is 9.85. The Morgan fingerprint density at radius 3 is 2.59 bits per heavy atom. The van der Waals surface area contributed by atoms with E-state index in [0.29, 0.717) is 12.0 Å². The average molecular weight is 471 g/mol. The van der Waals surface area contributed by atoms with E-state index in [2.05, 4.69) is 40.4 Å². The molecule has 1 aromatic heterocycles. The van der Waals surface area contributed by atoms with Crippen molar-refractivity contribution in [2.75, 3.05) is 6.54 Å². The predicted octanol–water partition coefficient (Wildman–Crippen LogP) is 5.58. The number of rotatable bonds is 4. The molecule has 0 bridgehead atoms. The van der Waals surface area contributed by atoms with Crippen LogP contribution in [0.15, 0.2) is 45.1 Å². The molecule has 1 fully saturated rings. The molecule has 3 rings (SSSR count). The molecule has 1 aliphatic rings. The predicted molar refractivity (Wildman–Crippen MR) is 119 cm³/mol. The summed E-state index contributed by atoms with van der Waals surface area (Å²) in [6.45, 7) is 7.42. The number of nitrogens with one attached hydrogen (secondary N) is 2. The van der Waals surface area contributed by atoms with Crippen molar-refractivity contribution < 1.29 is 9.35 Å². The summed E-state index contributed by atoms with van der Waals surface area (Å²) in [5.41, 5.74) is 1.22. The molecule has 0 spiro atoms. The molecular weight excluding hydrogens is 444 g/mol. The third kappa shape index (κ3) is 6.91. The Morgan fingerprint density at radius 1 is 1.33 bits per heavy atom. The highest BCUT2D eigenvalue weighted by molar-refractivity contribution is 9.11. The maximum absolute atomic E-state index is 12.2. The van der Waals surface area contributed by atoms with E-state index < -0.39 is 0 Å². The van der Waals surface area contributed by atoms with E-state index in [0.717, 1.165) is 45.0 Å². The van der Waals surface area contributed by atoms with E-state index >= 15 is 0 Å². The molecular formula is C20H27BrN2O2S2. The van der Waals surface area contributed by atoms with Crippen LogP contribution >= 0.6 is 39.3 Å². The third-order valence-corrected chi connectivity index (χ3v) is 6.88. The first kappa shape index (κ1) is 22.4. The van der Waals surface area contributed by atoms with E-state index in [-0.39, 0.29) is 11.9 Å². The van der Waals surface area contributed by atoms with Crippen molar-refractivity contribution in [2.24, 2.45) is 5.92 Å². The highest BCUT2D eigenvalue weighted by atomic mass is 79.9. The summed E-state index contributed by atoms with van der Waals surface area (Å²) in [5.74, 6) is 0.623. The molecule has 148 valence electrons. The quantitative estimate of drug-likeness (QED) is 0.510. The van der Waals surface area contributed by atoms with Gasteiger partial charge in [0.2, 0.25) is 0 Å². The van der Waals surface area contributed by atoms with Crippen LogP contribution in [0, 0.1) is 12.8 Å². The van der Waals surface area contributed by atoms with Crippen LogP contribution in [0.1, 0.15) is 41.9 Å². The van der Waals surface area contributed by atoms with Gasteiger partial charge in [0.15, 0.2) is 0 Å². The molecule has 3 N–H and O–H groups in total. The summed E-state index contributed by atoms with van der Waals surface area (Å²) in [4.78, 5) is 13.8. The Labute approximate surface area is 178 Å². The van der Waals surface area contributed by atoms with Crippen LogP contribution in [0.4, 0.5) is 0 Å². The zero-order chi connectivity index (χ0) is 19.8. The highest BCUT2D eigenvalue weighted by Gasteiger charge is 2.30. The summed E-state index contributed by atoms with van der Waals surface area (Å²) in [7, 11) is 0. The molecule has 7 heteroatoms. The minimum absolute atomic E-state index is 0.0460. The van der Waals surface area contributed by atoms with Gasteiger partial charge >= 0.3 is 0 Å². The summed E-state index contributed by atoms with van der Waals surface area (Å²) < 4.78 is 9.54. The number of halogens is 1. The smallest absolute Gasteiger partial charge is 0.261 e. The number of carbonyl (C=O) groups is 1. The number of hydrogen-bond acceptors (Lipinski definition) is 5. The molecule has 1 saturated heterocycles. The Balaban J connectivity index is 0.000000244. The van der Waals surface area contributed by atoms with E-state index in [4.69, 9.17) is 4.55 Å². The molecule has 2 heterocycles. The Kier molecular flexibility index (Phi) is 9.32. The van der Waals surface area contributed by atoms with Gasteiger partial charge in [-0.3, -0.25) is 4.79 Å². The van der Waals surface area contributed by atoms with Gasteiger partial charge in [-0.2, -0.15) is 0 Å². The summed E-state index contributed by atoms with van der Waals surface area (Å²) in [5, 5.41) is 6.63. The first-order valence-electron chi connectivity index (χ1n) is 9.12. The number of carbonyl (C=O) groups excluding carboxylic acids is 1. The minimum atomic E-state index is 0.0460. The maximum Gasteiger partial charge on any atom is 0.261 e. The molecule has 2 aromatic rings. The fraction of sp³-hybridized carbons (Fsp3) is 0.450. The highest BCUT2D eigenvalue weighted by Crippen LogP contribution is 2.24. The van der Waals surface area contributed by atoms with E-state index in [9.17, 15) is 4.79 Å². The topological polar surface area (TPSA) is 61.4 Å². The average Bonchev–Trinajstić information content (AvgIpc) is 3.11. The summed E-state index contributed by atoms with van der Waals surface area (Å²) in [6, 6.07) is 12.1. The van der Waals surface area contributed by atoms with Crippen LogP contribution in [0.25, 0.3) is 0 Å². The van der Waals surface area contributed by atoms with Crippen molar-refractivity contribution >= 4 is 45.2 Å². The summed E-state index contributed by atoms with van der Waals surface area (Å²) in [6.07, 6.45) is 2.25. The van der Waals surface area contributed by atoms with Gasteiger partial charge in [-0.1, -0.05) is 31.0 Å². The molecule has 3 unspecified atom stereocenters. The molecule has 1 amide bonds. The van der Waals surface area contributed by atoms with Crippen LogP contribution in [-0.4, -0.2) is 29.1 Å². The van der Waals surface area contributed by atoms with Crippen molar-refractivity contribution in [3.63, 3.8) is 0 Å². The fourth-order valence-electron chi connectivity index (χ4n) is 3.17. The van der Waals surface area contributed by atoms with E-state index in [1.54, 1.807) is 0 Å². The largest absolute Gasteiger partial charge is 0.347 e. The zero-order valence-electron chi connectivity index (χ0n) is 15.9. The van der Waals surface area contributed by atoms with Gasteiger partial charge in [-0.15, -0.1) is 11.3 Å². The lowest BCUT2D eigenvalue weighted by molar-refractivity contribution is 0.0894. The Bertz CT molecular complexity index is 721. The minimum Gasteiger partial charge on any atom is -0.347 e. The lowest BCUT2D eigenvalue weighted by Gasteiger charge is -2.37. The second-order valence-electron chi connectivity index (χ2n) is 6.71. The van der Waals surface area contributed by atoms with Gasteiger partial charge < -0.3 is 15.2 Å². The van der Waals surface area contributed by atoms with Crippen LogP contribution < -0.4 is 10.6 Å². The maximum atomic E-state index is 12.2. The van der Waals surface area contributed by atoms with Gasteiger partial charge in [0, 0.05) is 29.0 Å². The second-order valence-corrected chi connectivity index (χ2v) is 9.82.